The van der Waals surface area contributed by atoms with Crippen LogP contribution in [-0.2, 0) is 4.74 Å². The lowest BCUT2D eigenvalue weighted by atomic mass is 9.96. The number of carbonyl (C=O) groups is 1. The summed E-state index contributed by atoms with van der Waals surface area (Å²) in [6.45, 7) is 4.15. The summed E-state index contributed by atoms with van der Waals surface area (Å²) in [5.41, 5.74) is 0.312. The zero-order valence-corrected chi connectivity index (χ0v) is 20.8. The van der Waals surface area contributed by atoms with Crippen LogP contribution >= 0.6 is 11.6 Å². The molecule has 1 aromatic heterocycles. The van der Waals surface area contributed by atoms with Gasteiger partial charge in [0.25, 0.3) is 5.91 Å². The van der Waals surface area contributed by atoms with E-state index in [0.717, 1.165) is 24.3 Å². The topological polar surface area (TPSA) is 89.9 Å². The van der Waals surface area contributed by atoms with Crippen molar-refractivity contribution < 1.29 is 32.2 Å². The summed E-state index contributed by atoms with van der Waals surface area (Å²) < 4.78 is 58.7. The third-order valence-electron chi connectivity index (χ3n) is 6.36. The lowest BCUT2D eigenvalue weighted by Gasteiger charge is -2.33. The highest BCUT2D eigenvalue weighted by atomic mass is 35.5. The zero-order valence-electron chi connectivity index (χ0n) is 20.0. The second-order valence-electron chi connectivity index (χ2n) is 8.62. The molecular formula is C23H29ClF3N5O4. The molecule has 2 aliphatic rings. The van der Waals surface area contributed by atoms with E-state index in [1.54, 1.807) is 18.2 Å². The summed E-state index contributed by atoms with van der Waals surface area (Å²) in [4.78, 5) is 15.0. The molecule has 0 bridgehead atoms. The molecular weight excluding hydrogens is 503 g/mol. The molecule has 0 radical (unpaired) electrons. The molecule has 1 aromatic carbocycles. The van der Waals surface area contributed by atoms with E-state index >= 15 is 0 Å². The second-order valence-corrected chi connectivity index (χ2v) is 9.00. The van der Waals surface area contributed by atoms with Gasteiger partial charge in [-0.3, -0.25) is 9.69 Å². The number of aromatic nitrogens is 2. The molecule has 0 spiro atoms. The average Bonchev–Trinajstić information content (AvgIpc) is 3.21. The van der Waals surface area contributed by atoms with Crippen LogP contribution in [0.4, 0.5) is 19.0 Å². The van der Waals surface area contributed by atoms with Crippen molar-refractivity contribution in [1.82, 2.24) is 20.0 Å². The highest BCUT2D eigenvalue weighted by Crippen LogP contribution is 2.47. The molecule has 1 fully saturated rings. The fourth-order valence-corrected chi connectivity index (χ4v) is 4.70. The number of hydrogen-bond donors (Lipinski definition) is 2. The number of nitrogens with zero attached hydrogens (tertiary/aromatic N) is 3. The van der Waals surface area contributed by atoms with Crippen LogP contribution in [0.1, 0.15) is 41.0 Å². The van der Waals surface area contributed by atoms with Crippen LogP contribution in [0, 0.1) is 0 Å². The van der Waals surface area contributed by atoms with Crippen LogP contribution in [-0.4, -0.2) is 80.4 Å². The summed E-state index contributed by atoms with van der Waals surface area (Å²) in [6, 6.07) is 2.19. The molecule has 13 heteroatoms. The van der Waals surface area contributed by atoms with E-state index in [9.17, 15) is 18.0 Å². The summed E-state index contributed by atoms with van der Waals surface area (Å²) in [5.74, 6) is 0.181. The molecule has 1 saturated heterocycles. The molecule has 0 aliphatic carbocycles. The molecule has 0 saturated carbocycles. The van der Waals surface area contributed by atoms with E-state index in [0.29, 0.717) is 43.2 Å². The Morgan fingerprint density at radius 1 is 1.25 bits per heavy atom. The number of amides is 1. The number of morpholine rings is 1. The third-order valence-corrected chi connectivity index (χ3v) is 6.72. The summed E-state index contributed by atoms with van der Waals surface area (Å²) >= 11 is 6.41. The molecule has 198 valence electrons. The fourth-order valence-electron chi connectivity index (χ4n) is 4.44. The molecule has 2 aromatic rings. The second kappa shape index (κ2) is 11.1. The molecule has 1 amide bonds. The van der Waals surface area contributed by atoms with Crippen LogP contribution in [0.2, 0.25) is 5.02 Å². The average molecular weight is 532 g/mol. The Morgan fingerprint density at radius 2 is 1.97 bits per heavy atom. The minimum Gasteiger partial charge on any atom is -0.493 e. The highest BCUT2D eigenvalue weighted by molar-refractivity contribution is 6.36. The Morgan fingerprint density at radius 3 is 2.64 bits per heavy atom. The first-order chi connectivity index (χ1) is 17.2. The van der Waals surface area contributed by atoms with Crippen LogP contribution in [0.25, 0.3) is 0 Å². The first kappa shape index (κ1) is 26.4. The van der Waals surface area contributed by atoms with Gasteiger partial charge in [0.05, 0.1) is 33.5 Å². The van der Waals surface area contributed by atoms with Gasteiger partial charge >= 0.3 is 6.18 Å². The molecule has 36 heavy (non-hydrogen) atoms. The highest BCUT2D eigenvalue weighted by Gasteiger charge is 2.48. The van der Waals surface area contributed by atoms with E-state index < -0.39 is 24.2 Å². The Bertz CT molecular complexity index is 1070. The van der Waals surface area contributed by atoms with Gasteiger partial charge in [-0.2, -0.15) is 18.3 Å². The number of anilines is 1. The Labute approximate surface area is 211 Å². The number of carbonyl (C=O) groups excluding carboxylic acids is 1. The van der Waals surface area contributed by atoms with Crippen LogP contribution < -0.4 is 20.1 Å². The molecule has 4 rings (SSSR count). The van der Waals surface area contributed by atoms with Gasteiger partial charge in [-0.1, -0.05) is 17.7 Å². The van der Waals surface area contributed by atoms with E-state index in [2.05, 4.69) is 20.6 Å². The number of benzene rings is 1. The summed E-state index contributed by atoms with van der Waals surface area (Å²) in [7, 11) is 2.93. The van der Waals surface area contributed by atoms with Crippen molar-refractivity contribution in [3.63, 3.8) is 0 Å². The van der Waals surface area contributed by atoms with Crippen molar-refractivity contribution in [3.05, 3.63) is 34.5 Å². The van der Waals surface area contributed by atoms with Crippen molar-refractivity contribution >= 4 is 23.3 Å². The van der Waals surface area contributed by atoms with E-state index in [1.807, 2.05) is 0 Å². The van der Waals surface area contributed by atoms with Crippen LogP contribution in [0.5, 0.6) is 11.5 Å². The van der Waals surface area contributed by atoms with Crippen LogP contribution in [0.15, 0.2) is 18.2 Å². The van der Waals surface area contributed by atoms with Crippen molar-refractivity contribution in [2.45, 2.75) is 31.1 Å². The van der Waals surface area contributed by atoms with Crippen LogP contribution in [0.3, 0.4) is 0 Å². The summed E-state index contributed by atoms with van der Waals surface area (Å²) in [5, 5.41) is 9.57. The Balaban J connectivity index is 1.51. The van der Waals surface area contributed by atoms with Crippen molar-refractivity contribution in [1.29, 1.82) is 0 Å². The van der Waals surface area contributed by atoms with Crippen molar-refractivity contribution in [3.8, 4) is 11.5 Å². The van der Waals surface area contributed by atoms with Gasteiger partial charge in [-0.25, -0.2) is 4.68 Å². The first-order valence-electron chi connectivity index (χ1n) is 11.6. The summed E-state index contributed by atoms with van der Waals surface area (Å²) in [6.07, 6.45) is -4.26. The van der Waals surface area contributed by atoms with Crippen molar-refractivity contribution in [2.75, 3.05) is 58.9 Å². The number of methoxy groups -OCH3 is 2. The fraction of sp³-hybridized carbons (Fsp3) is 0.565. The van der Waals surface area contributed by atoms with Gasteiger partial charge in [0.2, 0.25) is 0 Å². The lowest BCUT2D eigenvalue weighted by Crippen LogP contribution is -2.38. The zero-order chi connectivity index (χ0) is 25.9. The Hall–Kier alpha value is -2.70. The minimum absolute atomic E-state index is 0.0523. The molecule has 3 heterocycles. The number of fused-ring (bicyclic) bond motifs is 1. The van der Waals surface area contributed by atoms with E-state index in [-0.39, 0.29) is 23.0 Å². The van der Waals surface area contributed by atoms with E-state index in [1.165, 1.54) is 14.2 Å². The Kier molecular flexibility index (Phi) is 8.16. The third kappa shape index (κ3) is 5.65. The van der Waals surface area contributed by atoms with Gasteiger partial charge < -0.3 is 24.8 Å². The molecule has 9 nitrogen and oxygen atoms in total. The number of rotatable bonds is 8. The standard InChI is InChI=1S/C23H29ClF3N5O4/c1-34-16-5-4-14(12-17(16)35-2)15-13-18(23(25,26)27)32-21(29-15)19(24)20(30-32)22(33)28-6-3-7-31-8-10-36-11-9-31/h4-5,12,15,18,29H,3,6-11,13H2,1-2H3,(H,28,33)/t15-,18+/m1/s1. The predicted octanol–water partition coefficient (Wildman–Crippen LogP) is 3.67. The normalized spacial score (nSPS) is 20.4. The van der Waals surface area contributed by atoms with Gasteiger partial charge in [0.15, 0.2) is 23.2 Å². The number of alkyl halides is 3. The van der Waals surface area contributed by atoms with Gasteiger partial charge in [-0.05, 0) is 30.7 Å². The van der Waals surface area contributed by atoms with Gasteiger partial charge in [-0.15, -0.1) is 0 Å². The lowest BCUT2D eigenvalue weighted by molar-refractivity contribution is -0.173. The maximum Gasteiger partial charge on any atom is 0.410 e. The molecule has 0 unspecified atom stereocenters. The monoisotopic (exact) mass is 531 g/mol. The molecule has 2 aliphatic heterocycles. The maximum atomic E-state index is 14.1. The number of hydrogen-bond acceptors (Lipinski definition) is 7. The van der Waals surface area contributed by atoms with Gasteiger partial charge in [0, 0.05) is 26.1 Å². The van der Waals surface area contributed by atoms with E-state index in [4.69, 9.17) is 25.8 Å². The SMILES string of the molecule is COc1ccc([C@H]2C[C@@H](C(F)(F)F)n3nc(C(=O)NCCCN4CCOCC4)c(Cl)c3N2)cc1OC. The number of nitrogens with one attached hydrogen (secondary N) is 2. The number of ether oxygens (including phenoxy) is 3. The first-order valence-corrected chi connectivity index (χ1v) is 12.0. The predicted molar refractivity (Wildman–Crippen MR) is 127 cm³/mol. The van der Waals surface area contributed by atoms with Crippen molar-refractivity contribution in [2.24, 2.45) is 0 Å². The smallest absolute Gasteiger partial charge is 0.410 e. The minimum atomic E-state index is -4.60. The number of halogens is 4. The molecule has 2 N–H and O–H groups in total. The maximum absolute atomic E-state index is 14.1. The largest absolute Gasteiger partial charge is 0.493 e. The molecule has 2 atom stereocenters. The quantitative estimate of drug-likeness (QED) is 0.502. The van der Waals surface area contributed by atoms with Gasteiger partial charge in [0.1, 0.15) is 10.8 Å².